The molecular formula is C18H16F5N7O. The third-order valence-electron chi connectivity index (χ3n) is 5.18. The fraction of sp³-hybridized carbons (Fsp3) is 0.389. The van der Waals surface area contributed by atoms with E-state index in [0.717, 1.165) is 28.6 Å². The van der Waals surface area contributed by atoms with Gasteiger partial charge in [0.15, 0.2) is 5.65 Å². The number of halogens is 5. The monoisotopic (exact) mass is 441 g/mol. The first-order valence-electron chi connectivity index (χ1n) is 9.19. The number of fused-ring (bicyclic) bond motifs is 3. The number of carbonyl (C=O) groups excluding carboxylic acids is 1. The maximum atomic E-state index is 14.1. The molecule has 3 aromatic rings. The van der Waals surface area contributed by atoms with Crippen LogP contribution in [0.25, 0.3) is 5.65 Å². The van der Waals surface area contributed by atoms with Gasteiger partial charge in [0.2, 0.25) is 0 Å². The molecule has 1 aliphatic heterocycles. The lowest BCUT2D eigenvalue weighted by Crippen LogP contribution is -2.46. The Morgan fingerprint density at radius 3 is 2.68 bits per heavy atom. The zero-order valence-electron chi connectivity index (χ0n) is 16.3. The summed E-state index contributed by atoms with van der Waals surface area (Å²) in [5.74, 6) is 0. The summed E-state index contributed by atoms with van der Waals surface area (Å²) < 4.78 is 69.1. The summed E-state index contributed by atoms with van der Waals surface area (Å²) in [6.07, 6.45) is -4.93. The first kappa shape index (κ1) is 20.9. The van der Waals surface area contributed by atoms with E-state index in [2.05, 4.69) is 25.6 Å². The van der Waals surface area contributed by atoms with Gasteiger partial charge in [-0.1, -0.05) is 6.92 Å². The molecule has 0 radical (unpaired) electrons. The fourth-order valence-corrected chi connectivity index (χ4v) is 3.49. The van der Waals surface area contributed by atoms with Crippen molar-refractivity contribution in [2.24, 2.45) is 0 Å². The topological polar surface area (TPSA) is 88.3 Å². The van der Waals surface area contributed by atoms with Crippen molar-refractivity contribution in [3.05, 3.63) is 41.6 Å². The molecule has 164 valence electrons. The van der Waals surface area contributed by atoms with Crippen molar-refractivity contribution in [3.63, 3.8) is 0 Å². The average molecular weight is 441 g/mol. The number of aryl methyl sites for hydroxylation is 1. The Bertz CT molecular complexity index is 1160. The van der Waals surface area contributed by atoms with Crippen LogP contribution < -0.4 is 10.2 Å². The SMILES string of the molecule is CCc1cc2ncc3c(n2n1)[C@@](C)(C(F)(F)F)CN3C(=O)Nc1cnnc(C(F)F)c1. The molecule has 2 amide bonds. The molecule has 0 spiro atoms. The zero-order chi connectivity index (χ0) is 22.6. The Balaban J connectivity index is 1.78. The van der Waals surface area contributed by atoms with Crippen LogP contribution in [-0.2, 0) is 11.8 Å². The van der Waals surface area contributed by atoms with Crippen molar-refractivity contribution >= 4 is 23.1 Å². The van der Waals surface area contributed by atoms with Crippen LogP contribution in [-0.4, -0.2) is 43.5 Å². The Morgan fingerprint density at radius 2 is 2.03 bits per heavy atom. The highest BCUT2D eigenvalue weighted by Gasteiger charge is 2.60. The van der Waals surface area contributed by atoms with Crippen LogP contribution in [0.5, 0.6) is 0 Å². The molecule has 0 aliphatic carbocycles. The van der Waals surface area contributed by atoms with Gasteiger partial charge in [-0.05, 0) is 19.4 Å². The molecule has 1 N–H and O–H groups in total. The fourth-order valence-electron chi connectivity index (χ4n) is 3.49. The standard InChI is InChI=1S/C18H16F5N7O/c1-3-9-5-13-24-7-12-14(30(13)28-9)17(2,18(21,22)23)8-29(12)16(31)26-10-4-11(15(19)20)27-25-6-10/h4-7,15H,3,8H2,1-2H3,(H,26,27,31)/t17-/m0/s1. The van der Waals surface area contributed by atoms with Gasteiger partial charge in [0.25, 0.3) is 6.43 Å². The molecular weight excluding hydrogens is 425 g/mol. The summed E-state index contributed by atoms with van der Waals surface area (Å²) in [4.78, 5) is 17.8. The van der Waals surface area contributed by atoms with E-state index in [1.165, 1.54) is 6.20 Å². The average Bonchev–Trinajstić information content (AvgIpc) is 3.27. The molecule has 0 saturated carbocycles. The maximum absolute atomic E-state index is 14.1. The highest BCUT2D eigenvalue weighted by atomic mass is 19.4. The summed E-state index contributed by atoms with van der Waals surface area (Å²) in [6.45, 7) is 2.05. The maximum Gasteiger partial charge on any atom is 0.401 e. The van der Waals surface area contributed by atoms with Crippen LogP contribution in [0.3, 0.4) is 0 Å². The van der Waals surface area contributed by atoms with Gasteiger partial charge < -0.3 is 5.32 Å². The molecule has 0 bridgehead atoms. The first-order chi connectivity index (χ1) is 14.5. The minimum atomic E-state index is -4.70. The Labute approximate surface area is 172 Å². The highest BCUT2D eigenvalue weighted by Crippen LogP contribution is 2.49. The Hall–Kier alpha value is -3.38. The predicted octanol–water partition coefficient (Wildman–Crippen LogP) is 3.89. The van der Waals surface area contributed by atoms with Crippen LogP contribution >= 0.6 is 0 Å². The molecule has 4 heterocycles. The molecule has 0 aromatic carbocycles. The van der Waals surface area contributed by atoms with E-state index in [4.69, 9.17) is 0 Å². The van der Waals surface area contributed by atoms with Crippen LogP contribution in [0.1, 0.15) is 37.4 Å². The lowest BCUT2D eigenvalue weighted by Gasteiger charge is -2.28. The van der Waals surface area contributed by atoms with Crippen molar-refractivity contribution in [1.29, 1.82) is 0 Å². The summed E-state index contributed by atoms with van der Waals surface area (Å²) in [5, 5.41) is 13.1. The van der Waals surface area contributed by atoms with E-state index in [1.807, 2.05) is 0 Å². The van der Waals surface area contributed by atoms with E-state index < -0.39 is 36.3 Å². The number of carbonyl (C=O) groups is 1. The van der Waals surface area contributed by atoms with E-state index >= 15 is 0 Å². The van der Waals surface area contributed by atoms with Gasteiger partial charge >= 0.3 is 12.2 Å². The van der Waals surface area contributed by atoms with Crippen LogP contribution in [0.2, 0.25) is 0 Å². The smallest absolute Gasteiger partial charge is 0.306 e. The molecule has 8 nitrogen and oxygen atoms in total. The van der Waals surface area contributed by atoms with Crippen LogP contribution in [0, 0.1) is 0 Å². The molecule has 3 aromatic heterocycles. The second-order valence-electron chi connectivity index (χ2n) is 7.27. The molecule has 0 unspecified atom stereocenters. The minimum Gasteiger partial charge on any atom is -0.306 e. The molecule has 1 atom stereocenters. The Kier molecular flexibility index (Phi) is 4.78. The number of hydrogen-bond donors (Lipinski definition) is 1. The molecule has 0 saturated heterocycles. The third-order valence-corrected chi connectivity index (χ3v) is 5.18. The second kappa shape index (κ2) is 7.10. The summed E-state index contributed by atoms with van der Waals surface area (Å²) in [7, 11) is 0. The molecule has 1 aliphatic rings. The number of nitrogens with zero attached hydrogens (tertiary/aromatic N) is 6. The van der Waals surface area contributed by atoms with E-state index in [1.54, 1.807) is 13.0 Å². The number of aromatic nitrogens is 5. The minimum absolute atomic E-state index is 0.0772. The molecule has 13 heteroatoms. The van der Waals surface area contributed by atoms with Gasteiger partial charge in [-0.2, -0.15) is 23.4 Å². The highest BCUT2D eigenvalue weighted by molar-refractivity contribution is 6.03. The summed E-state index contributed by atoms with van der Waals surface area (Å²) >= 11 is 0. The Morgan fingerprint density at radius 1 is 1.29 bits per heavy atom. The van der Waals surface area contributed by atoms with E-state index in [0.29, 0.717) is 12.1 Å². The molecule has 0 fully saturated rings. The van der Waals surface area contributed by atoms with Crippen molar-refractivity contribution in [2.45, 2.75) is 38.3 Å². The second-order valence-corrected chi connectivity index (χ2v) is 7.27. The molecule has 31 heavy (non-hydrogen) atoms. The van der Waals surface area contributed by atoms with Crippen LogP contribution in [0.15, 0.2) is 24.5 Å². The number of amides is 2. The number of anilines is 2. The zero-order valence-corrected chi connectivity index (χ0v) is 16.3. The van der Waals surface area contributed by atoms with E-state index in [-0.39, 0.29) is 22.7 Å². The summed E-state index contributed by atoms with van der Waals surface area (Å²) in [5.41, 5.74) is -2.75. The largest absolute Gasteiger partial charge is 0.401 e. The van der Waals surface area contributed by atoms with Crippen molar-refractivity contribution < 1.29 is 26.7 Å². The predicted molar refractivity (Wildman–Crippen MR) is 99.1 cm³/mol. The quantitative estimate of drug-likeness (QED) is 0.623. The number of alkyl halides is 5. The van der Waals surface area contributed by atoms with Crippen molar-refractivity contribution in [3.8, 4) is 0 Å². The van der Waals surface area contributed by atoms with Gasteiger partial charge in [0.1, 0.15) is 11.1 Å². The first-order valence-corrected chi connectivity index (χ1v) is 9.19. The van der Waals surface area contributed by atoms with Crippen LogP contribution in [0.4, 0.5) is 38.1 Å². The van der Waals surface area contributed by atoms with Crippen molar-refractivity contribution in [2.75, 3.05) is 16.8 Å². The molecule has 4 rings (SSSR count). The lowest BCUT2D eigenvalue weighted by molar-refractivity contribution is -0.181. The summed E-state index contributed by atoms with van der Waals surface area (Å²) in [6, 6.07) is 1.53. The van der Waals surface area contributed by atoms with Gasteiger partial charge in [-0.15, -0.1) is 5.10 Å². The number of nitrogens with one attached hydrogen (secondary N) is 1. The van der Waals surface area contributed by atoms with Gasteiger partial charge in [0.05, 0.1) is 35.2 Å². The number of urea groups is 1. The normalized spacial score (nSPS) is 18.6. The van der Waals surface area contributed by atoms with Gasteiger partial charge in [-0.25, -0.2) is 23.1 Å². The number of rotatable bonds is 3. The van der Waals surface area contributed by atoms with Gasteiger partial charge in [0, 0.05) is 12.6 Å². The number of hydrogen-bond acceptors (Lipinski definition) is 5. The van der Waals surface area contributed by atoms with Crippen molar-refractivity contribution in [1.82, 2.24) is 24.8 Å². The van der Waals surface area contributed by atoms with Gasteiger partial charge in [-0.3, -0.25) is 4.90 Å². The third kappa shape index (κ3) is 3.33. The van der Waals surface area contributed by atoms with E-state index in [9.17, 15) is 26.7 Å². The lowest BCUT2D eigenvalue weighted by atomic mass is 9.88.